The van der Waals surface area contributed by atoms with Crippen molar-refractivity contribution in [2.45, 2.75) is 65.7 Å². The Morgan fingerprint density at radius 2 is 2.04 bits per heavy atom. The van der Waals surface area contributed by atoms with E-state index in [4.69, 9.17) is 11.6 Å². The molecule has 0 heterocycles. The molecule has 0 radical (unpaired) electrons. The summed E-state index contributed by atoms with van der Waals surface area (Å²) in [6, 6.07) is 6.49. The lowest BCUT2D eigenvalue weighted by molar-refractivity contribution is 0.287. The minimum Gasteiger partial charge on any atom is -0.132 e. The van der Waals surface area contributed by atoms with E-state index in [0.29, 0.717) is 0 Å². The highest BCUT2D eigenvalue weighted by molar-refractivity contribution is 8.03. The predicted octanol–water partition coefficient (Wildman–Crippen LogP) is 7.68. The average Bonchev–Trinajstić information content (AvgIpc) is 2.85. The first-order valence-electron chi connectivity index (χ1n) is 9.56. The number of hydrogen-bond donors (Lipinski definition) is 0. The molecule has 1 fully saturated rings. The molecule has 24 heavy (non-hydrogen) atoms. The summed E-state index contributed by atoms with van der Waals surface area (Å²) in [6.07, 6.45) is 9.21. The number of aryl methyl sites for hydroxylation is 2. The van der Waals surface area contributed by atoms with Crippen LogP contribution in [0.5, 0.6) is 0 Å². The van der Waals surface area contributed by atoms with Gasteiger partial charge in [0.2, 0.25) is 0 Å². The SMILES string of the molecule is C=C(CCC[C@@H]1[C@@H](CCc2cc(C)cc(Cl)c2)CC[C@H]1C)SCC. The van der Waals surface area contributed by atoms with Crippen LogP contribution in [0.3, 0.4) is 0 Å². The van der Waals surface area contributed by atoms with E-state index in [1.807, 2.05) is 17.8 Å². The third-order valence-corrected chi connectivity index (χ3v) is 6.70. The monoisotopic (exact) mass is 364 g/mol. The molecule has 134 valence electrons. The molecular formula is C22H33ClS. The Bertz CT molecular complexity index is 517. The van der Waals surface area contributed by atoms with E-state index in [9.17, 15) is 0 Å². The number of benzene rings is 1. The van der Waals surface area contributed by atoms with Gasteiger partial charge in [0.05, 0.1) is 0 Å². The molecule has 1 aromatic carbocycles. The highest BCUT2D eigenvalue weighted by atomic mass is 35.5. The number of hydrogen-bond acceptors (Lipinski definition) is 1. The summed E-state index contributed by atoms with van der Waals surface area (Å²) in [4.78, 5) is 1.37. The number of rotatable bonds is 9. The Hall–Kier alpha value is -0.400. The fourth-order valence-corrected chi connectivity index (χ4v) is 5.38. The van der Waals surface area contributed by atoms with Gasteiger partial charge in [-0.25, -0.2) is 0 Å². The maximum Gasteiger partial charge on any atom is 0.0411 e. The van der Waals surface area contributed by atoms with Crippen molar-refractivity contribution in [3.05, 3.63) is 45.8 Å². The van der Waals surface area contributed by atoms with Crippen LogP contribution in [-0.2, 0) is 6.42 Å². The molecular weight excluding hydrogens is 332 g/mol. The van der Waals surface area contributed by atoms with Gasteiger partial charge in [0.25, 0.3) is 0 Å². The number of allylic oxidation sites excluding steroid dienone is 1. The van der Waals surface area contributed by atoms with Gasteiger partial charge in [0.1, 0.15) is 0 Å². The fraction of sp³-hybridized carbons (Fsp3) is 0.636. The zero-order chi connectivity index (χ0) is 17.5. The average molecular weight is 365 g/mol. The molecule has 0 spiro atoms. The van der Waals surface area contributed by atoms with Crippen molar-refractivity contribution in [1.82, 2.24) is 0 Å². The van der Waals surface area contributed by atoms with Gasteiger partial charge in [-0.2, -0.15) is 0 Å². The minimum atomic E-state index is 0.883. The van der Waals surface area contributed by atoms with Gasteiger partial charge < -0.3 is 0 Å². The first kappa shape index (κ1) is 19.9. The van der Waals surface area contributed by atoms with Crippen LogP contribution in [0, 0.1) is 24.7 Å². The van der Waals surface area contributed by atoms with Crippen molar-refractivity contribution in [1.29, 1.82) is 0 Å². The van der Waals surface area contributed by atoms with Gasteiger partial charge in [-0.15, -0.1) is 11.8 Å². The third kappa shape index (κ3) is 6.15. The maximum atomic E-state index is 6.21. The Labute approximate surface area is 158 Å². The standard InChI is InChI=1S/C22H33ClS/c1-5-24-18(4)7-6-8-22-17(3)9-11-20(22)12-10-19-13-16(2)14-21(23)15-19/h13-15,17,20,22H,4-12H2,1-3H3/t17-,20-,22+/m1/s1. The lowest BCUT2D eigenvalue weighted by atomic mass is 9.83. The Balaban J connectivity index is 1.83. The van der Waals surface area contributed by atoms with E-state index in [2.05, 4.69) is 39.5 Å². The zero-order valence-electron chi connectivity index (χ0n) is 15.6. The van der Waals surface area contributed by atoms with Crippen molar-refractivity contribution in [2.75, 3.05) is 5.75 Å². The lowest BCUT2D eigenvalue weighted by Gasteiger charge is -2.23. The second kappa shape index (κ2) is 9.92. The molecule has 0 bridgehead atoms. The van der Waals surface area contributed by atoms with Crippen molar-refractivity contribution in [3.63, 3.8) is 0 Å². The molecule has 0 amide bonds. The number of thioether (sulfide) groups is 1. The van der Waals surface area contributed by atoms with Gasteiger partial charge in [0.15, 0.2) is 0 Å². The van der Waals surface area contributed by atoms with E-state index in [-0.39, 0.29) is 0 Å². The molecule has 0 N–H and O–H groups in total. The second-order valence-corrected chi connectivity index (χ2v) is 9.40. The van der Waals surface area contributed by atoms with Crippen LogP contribution in [0.1, 0.15) is 63.5 Å². The van der Waals surface area contributed by atoms with Gasteiger partial charge in [-0.05, 0) is 97.1 Å². The predicted molar refractivity (Wildman–Crippen MR) is 111 cm³/mol. The van der Waals surface area contributed by atoms with E-state index in [1.54, 1.807) is 0 Å². The van der Waals surface area contributed by atoms with Crippen molar-refractivity contribution >= 4 is 23.4 Å². The third-order valence-electron chi connectivity index (χ3n) is 5.58. The number of halogens is 1. The molecule has 0 unspecified atom stereocenters. The van der Waals surface area contributed by atoms with Gasteiger partial charge >= 0.3 is 0 Å². The molecule has 1 saturated carbocycles. The van der Waals surface area contributed by atoms with E-state index in [1.165, 1.54) is 61.0 Å². The molecule has 2 rings (SSSR count). The van der Waals surface area contributed by atoms with Crippen molar-refractivity contribution in [2.24, 2.45) is 17.8 Å². The van der Waals surface area contributed by atoms with E-state index < -0.39 is 0 Å². The zero-order valence-corrected chi connectivity index (χ0v) is 17.2. The molecule has 3 atom stereocenters. The van der Waals surface area contributed by atoms with E-state index >= 15 is 0 Å². The van der Waals surface area contributed by atoms with Crippen LogP contribution >= 0.6 is 23.4 Å². The highest BCUT2D eigenvalue weighted by Gasteiger charge is 2.32. The molecule has 1 aromatic rings. The summed E-state index contributed by atoms with van der Waals surface area (Å²) >= 11 is 8.13. The summed E-state index contributed by atoms with van der Waals surface area (Å²) in [7, 11) is 0. The highest BCUT2D eigenvalue weighted by Crippen LogP contribution is 2.42. The Morgan fingerprint density at radius 1 is 1.25 bits per heavy atom. The molecule has 0 aliphatic heterocycles. The quantitative estimate of drug-likeness (QED) is 0.433. The fourth-order valence-electron chi connectivity index (χ4n) is 4.37. The molecule has 0 nitrogen and oxygen atoms in total. The summed E-state index contributed by atoms with van der Waals surface area (Å²) in [5.74, 6) is 3.85. The largest absolute Gasteiger partial charge is 0.132 e. The summed E-state index contributed by atoms with van der Waals surface area (Å²) in [6.45, 7) is 11.0. The maximum absolute atomic E-state index is 6.21. The van der Waals surface area contributed by atoms with E-state index in [0.717, 1.165) is 28.5 Å². The van der Waals surface area contributed by atoms with Gasteiger partial charge in [-0.3, -0.25) is 0 Å². The van der Waals surface area contributed by atoms with Crippen LogP contribution in [0.4, 0.5) is 0 Å². The van der Waals surface area contributed by atoms with Crippen LogP contribution in [0.2, 0.25) is 5.02 Å². The van der Waals surface area contributed by atoms with Crippen LogP contribution in [0.15, 0.2) is 29.7 Å². The summed E-state index contributed by atoms with van der Waals surface area (Å²) in [5.41, 5.74) is 2.69. The normalized spacial score (nSPS) is 23.6. The summed E-state index contributed by atoms with van der Waals surface area (Å²) < 4.78 is 0. The molecule has 0 saturated heterocycles. The Kier molecular flexibility index (Phi) is 8.23. The molecule has 2 heteroatoms. The molecule has 0 aromatic heterocycles. The molecule has 1 aliphatic rings. The topological polar surface area (TPSA) is 0 Å². The second-order valence-electron chi connectivity index (χ2n) is 7.52. The van der Waals surface area contributed by atoms with Crippen LogP contribution in [0.25, 0.3) is 0 Å². The Morgan fingerprint density at radius 3 is 2.75 bits per heavy atom. The van der Waals surface area contributed by atoms with Crippen LogP contribution in [-0.4, -0.2) is 5.75 Å². The first-order chi connectivity index (χ1) is 11.5. The van der Waals surface area contributed by atoms with Gasteiger partial charge in [-0.1, -0.05) is 44.5 Å². The summed E-state index contributed by atoms with van der Waals surface area (Å²) in [5, 5.41) is 0.883. The molecule has 1 aliphatic carbocycles. The lowest BCUT2D eigenvalue weighted by Crippen LogP contribution is -2.14. The minimum absolute atomic E-state index is 0.883. The van der Waals surface area contributed by atoms with Crippen LogP contribution < -0.4 is 0 Å². The van der Waals surface area contributed by atoms with Crippen molar-refractivity contribution < 1.29 is 0 Å². The first-order valence-corrected chi connectivity index (χ1v) is 10.9. The van der Waals surface area contributed by atoms with Gasteiger partial charge in [0, 0.05) is 5.02 Å². The van der Waals surface area contributed by atoms with Crippen molar-refractivity contribution in [3.8, 4) is 0 Å². The smallest absolute Gasteiger partial charge is 0.0411 e.